The summed E-state index contributed by atoms with van der Waals surface area (Å²) in [5, 5.41) is 8.85. The van der Waals surface area contributed by atoms with Gasteiger partial charge in [0, 0.05) is 25.0 Å². The third-order valence-electron chi connectivity index (χ3n) is 2.41. The highest BCUT2D eigenvalue weighted by molar-refractivity contribution is 7.09. The Bertz CT molecular complexity index is 502. The largest absolute Gasteiger partial charge is 0.433 e. The van der Waals surface area contributed by atoms with Crippen LogP contribution in [0.2, 0.25) is 0 Å². The Kier molecular flexibility index (Phi) is 3.72. The van der Waals surface area contributed by atoms with Gasteiger partial charge in [-0.25, -0.2) is 0 Å². The van der Waals surface area contributed by atoms with Gasteiger partial charge < -0.3 is 5.32 Å². The molecule has 0 aliphatic carbocycles. The zero-order chi connectivity index (χ0) is 13.2. The van der Waals surface area contributed by atoms with Gasteiger partial charge in [-0.15, -0.1) is 11.3 Å². The summed E-state index contributed by atoms with van der Waals surface area (Å²) in [6.07, 6.45) is -4.35. The van der Waals surface area contributed by atoms with Gasteiger partial charge in [0.05, 0.1) is 5.69 Å². The number of rotatable bonds is 4. The molecule has 0 aromatic carbocycles. The van der Waals surface area contributed by atoms with Crippen molar-refractivity contribution in [1.82, 2.24) is 15.1 Å². The molecule has 3 nitrogen and oxygen atoms in total. The quantitative estimate of drug-likeness (QED) is 0.930. The Morgan fingerprint density at radius 1 is 1.39 bits per heavy atom. The van der Waals surface area contributed by atoms with E-state index in [1.54, 1.807) is 11.3 Å². The van der Waals surface area contributed by atoms with E-state index in [1.807, 2.05) is 17.5 Å². The zero-order valence-electron chi connectivity index (χ0n) is 9.66. The minimum absolute atomic E-state index is 0.321. The Hall–Kier alpha value is -1.34. The molecule has 98 valence electrons. The second-order valence-electron chi connectivity index (χ2n) is 3.83. The van der Waals surface area contributed by atoms with Gasteiger partial charge in [-0.1, -0.05) is 6.07 Å². The molecule has 0 fully saturated rings. The predicted molar refractivity (Wildman–Crippen MR) is 63.1 cm³/mol. The van der Waals surface area contributed by atoms with Crippen LogP contribution < -0.4 is 5.32 Å². The van der Waals surface area contributed by atoms with Crippen LogP contribution in [0.25, 0.3) is 0 Å². The van der Waals surface area contributed by atoms with Gasteiger partial charge in [-0.05, 0) is 17.5 Å². The van der Waals surface area contributed by atoms with Crippen molar-refractivity contribution in [3.05, 3.63) is 39.8 Å². The molecular weight excluding hydrogens is 263 g/mol. The highest BCUT2D eigenvalue weighted by Crippen LogP contribution is 2.29. The van der Waals surface area contributed by atoms with Crippen LogP contribution in [0.3, 0.4) is 0 Å². The van der Waals surface area contributed by atoms with Crippen LogP contribution in [0.5, 0.6) is 0 Å². The van der Waals surface area contributed by atoms with Crippen LogP contribution in [-0.4, -0.2) is 9.78 Å². The Balaban J connectivity index is 1.94. The molecule has 0 saturated carbocycles. The maximum atomic E-state index is 12.5. The average molecular weight is 275 g/mol. The lowest BCUT2D eigenvalue weighted by molar-refractivity contribution is -0.143. The Labute approximate surface area is 106 Å². The van der Waals surface area contributed by atoms with Crippen LogP contribution in [0.1, 0.15) is 16.3 Å². The third kappa shape index (κ3) is 3.11. The predicted octanol–water partition coefficient (Wildman–Crippen LogP) is 2.79. The summed E-state index contributed by atoms with van der Waals surface area (Å²) in [5.74, 6) is 0. The van der Waals surface area contributed by atoms with Gasteiger partial charge in [0.25, 0.3) is 0 Å². The number of thiophene rings is 1. The monoisotopic (exact) mass is 275 g/mol. The summed E-state index contributed by atoms with van der Waals surface area (Å²) in [5.41, 5.74) is -0.336. The van der Waals surface area contributed by atoms with Gasteiger partial charge in [0.1, 0.15) is 5.69 Å². The standard InChI is InChI=1S/C11H12F3N3S/c1-17-10(11(12,13)14)5-8(16-17)6-15-7-9-3-2-4-18-9/h2-5,15H,6-7H2,1H3. The van der Waals surface area contributed by atoms with Gasteiger partial charge in [0.2, 0.25) is 0 Å². The van der Waals surface area contributed by atoms with Crippen LogP contribution >= 0.6 is 11.3 Å². The highest BCUT2D eigenvalue weighted by Gasteiger charge is 2.34. The average Bonchev–Trinajstić information content (AvgIpc) is 2.87. The zero-order valence-corrected chi connectivity index (χ0v) is 10.5. The summed E-state index contributed by atoms with van der Waals surface area (Å²) in [6.45, 7) is 0.956. The smallest absolute Gasteiger partial charge is 0.306 e. The van der Waals surface area contributed by atoms with Crippen LogP contribution in [0.4, 0.5) is 13.2 Å². The number of aryl methyl sites for hydroxylation is 1. The first-order valence-corrected chi connectivity index (χ1v) is 6.18. The summed E-state index contributed by atoms with van der Waals surface area (Å²) >= 11 is 1.60. The topological polar surface area (TPSA) is 29.9 Å². The molecule has 2 rings (SSSR count). The fourth-order valence-electron chi connectivity index (χ4n) is 1.61. The number of halogens is 3. The molecule has 0 aliphatic heterocycles. The molecular formula is C11H12F3N3S. The van der Waals surface area contributed by atoms with Gasteiger partial charge in [-0.3, -0.25) is 4.68 Å². The molecule has 0 amide bonds. The van der Waals surface area contributed by atoms with Crippen molar-refractivity contribution in [3.8, 4) is 0 Å². The number of hydrogen-bond donors (Lipinski definition) is 1. The maximum absolute atomic E-state index is 12.5. The van der Waals surface area contributed by atoms with Crippen molar-refractivity contribution in [3.63, 3.8) is 0 Å². The van der Waals surface area contributed by atoms with E-state index in [0.29, 0.717) is 18.8 Å². The van der Waals surface area contributed by atoms with Gasteiger partial charge in [-0.2, -0.15) is 18.3 Å². The molecule has 0 bridgehead atoms. The lowest BCUT2D eigenvalue weighted by Gasteiger charge is -2.04. The first-order chi connectivity index (χ1) is 8.47. The third-order valence-corrected chi connectivity index (χ3v) is 3.28. The van der Waals surface area contributed by atoms with E-state index in [2.05, 4.69) is 10.4 Å². The van der Waals surface area contributed by atoms with Crippen molar-refractivity contribution in [2.75, 3.05) is 0 Å². The molecule has 0 spiro atoms. The van der Waals surface area contributed by atoms with Gasteiger partial charge >= 0.3 is 6.18 Å². The fourth-order valence-corrected chi connectivity index (χ4v) is 2.28. The summed E-state index contributed by atoms with van der Waals surface area (Å²) < 4.78 is 38.4. The molecule has 0 unspecified atom stereocenters. The van der Waals surface area contributed by atoms with E-state index in [-0.39, 0.29) is 0 Å². The molecule has 0 aliphatic rings. The molecule has 0 atom stereocenters. The van der Waals surface area contributed by atoms with Gasteiger partial charge in [0.15, 0.2) is 0 Å². The first kappa shape index (κ1) is 13.1. The second kappa shape index (κ2) is 5.11. The van der Waals surface area contributed by atoms with Crippen molar-refractivity contribution in [2.24, 2.45) is 7.05 Å². The van der Waals surface area contributed by atoms with Crippen LogP contribution in [0.15, 0.2) is 23.6 Å². The minimum Gasteiger partial charge on any atom is -0.306 e. The summed E-state index contributed by atoms with van der Waals surface area (Å²) in [6, 6.07) is 4.98. The van der Waals surface area contributed by atoms with E-state index < -0.39 is 11.9 Å². The molecule has 18 heavy (non-hydrogen) atoms. The van der Waals surface area contributed by atoms with Crippen molar-refractivity contribution >= 4 is 11.3 Å². The van der Waals surface area contributed by atoms with E-state index in [1.165, 1.54) is 7.05 Å². The molecule has 2 aromatic heterocycles. The van der Waals surface area contributed by atoms with Crippen LogP contribution in [0, 0.1) is 0 Å². The van der Waals surface area contributed by atoms with E-state index >= 15 is 0 Å². The molecule has 0 radical (unpaired) electrons. The number of aromatic nitrogens is 2. The fraction of sp³-hybridized carbons (Fsp3) is 0.364. The van der Waals surface area contributed by atoms with E-state index in [4.69, 9.17) is 0 Å². The Morgan fingerprint density at radius 3 is 2.72 bits per heavy atom. The highest BCUT2D eigenvalue weighted by atomic mass is 32.1. The normalized spacial score (nSPS) is 12.0. The summed E-state index contributed by atoms with van der Waals surface area (Å²) in [4.78, 5) is 1.14. The molecule has 7 heteroatoms. The molecule has 1 N–H and O–H groups in total. The lowest BCUT2D eigenvalue weighted by Crippen LogP contribution is -2.12. The van der Waals surface area contributed by atoms with Crippen molar-refractivity contribution in [2.45, 2.75) is 19.3 Å². The second-order valence-corrected chi connectivity index (χ2v) is 4.86. The molecule has 2 heterocycles. The van der Waals surface area contributed by atoms with E-state index in [0.717, 1.165) is 15.6 Å². The Morgan fingerprint density at radius 2 is 2.17 bits per heavy atom. The van der Waals surface area contributed by atoms with Crippen LogP contribution in [-0.2, 0) is 26.3 Å². The SMILES string of the molecule is Cn1nc(CNCc2cccs2)cc1C(F)(F)F. The molecule has 2 aromatic rings. The first-order valence-electron chi connectivity index (χ1n) is 5.30. The number of alkyl halides is 3. The van der Waals surface area contributed by atoms with Crippen molar-refractivity contribution < 1.29 is 13.2 Å². The maximum Gasteiger partial charge on any atom is 0.433 e. The van der Waals surface area contributed by atoms with Crippen molar-refractivity contribution in [1.29, 1.82) is 0 Å². The minimum atomic E-state index is -4.35. The number of nitrogens with zero attached hydrogens (tertiary/aromatic N) is 2. The lowest BCUT2D eigenvalue weighted by atomic mass is 10.3. The van der Waals surface area contributed by atoms with E-state index in [9.17, 15) is 13.2 Å². The number of nitrogens with one attached hydrogen (secondary N) is 1. The molecule has 0 saturated heterocycles. The summed E-state index contributed by atoms with van der Waals surface area (Å²) in [7, 11) is 1.30. The number of hydrogen-bond acceptors (Lipinski definition) is 3.